The van der Waals surface area contributed by atoms with Crippen LogP contribution < -0.4 is 0 Å². The number of nitrogens with zero attached hydrogens (tertiary/aromatic N) is 2. The van der Waals surface area contributed by atoms with Gasteiger partial charge in [0.15, 0.2) is 0 Å². The molecule has 4 nitrogen and oxygen atoms in total. The van der Waals surface area contributed by atoms with Crippen LogP contribution in [-0.2, 0) is 0 Å². The van der Waals surface area contributed by atoms with Crippen LogP contribution in [0.15, 0.2) is 29.6 Å². The maximum atomic E-state index is 8.20. The Labute approximate surface area is 85.6 Å². The molecule has 0 spiro atoms. The van der Waals surface area contributed by atoms with Crippen LogP contribution in [0.25, 0.3) is 0 Å². The Morgan fingerprint density at radius 3 is 2.29 bits per heavy atom. The lowest BCUT2D eigenvalue weighted by Crippen LogP contribution is -1.78. The Balaban J connectivity index is 0. The summed E-state index contributed by atoms with van der Waals surface area (Å²) in [5.74, 6) is 0. The molecule has 1 aromatic rings. The Bertz CT molecular complexity index is 143. The van der Waals surface area contributed by atoms with Gasteiger partial charge >= 0.3 is 0 Å². The van der Waals surface area contributed by atoms with Crippen molar-refractivity contribution in [2.24, 2.45) is 0 Å². The van der Waals surface area contributed by atoms with Crippen LogP contribution >= 0.6 is 0 Å². The van der Waals surface area contributed by atoms with Gasteiger partial charge < -0.3 is 9.63 Å². The molecule has 0 aromatic carbocycles. The van der Waals surface area contributed by atoms with Gasteiger partial charge in [-0.3, -0.25) is 0 Å². The van der Waals surface area contributed by atoms with Gasteiger partial charge in [0.2, 0.25) is 0 Å². The zero-order valence-electron chi connectivity index (χ0n) is 9.02. The average Bonchev–Trinajstić information content (AvgIpc) is 2.74. The maximum Gasteiger partial charge on any atom is 0.144 e. The van der Waals surface area contributed by atoms with E-state index in [1.807, 2.05) is 6.92 Å². The summed E-state index contributed by atoms with van der Waals surface area (Å²) >= 11 is 0. The van der Waals surface area contributed by atoms with E-state index < -0.39 is 0 Å². The van der Waals surface area contributed by atoms with Crippen molar-refractivity contribution in [1.82, 2.24) is 10.4 Å². The minimum absolute atomic E-state index is 0.355. The number of aromatic nitrogens is 2. The van der Waals surface area contributed by atoms with Gasteiger partial charge in [-0.2, -0.15) is 0 Å². The number of aliphatic hydroxyl groups is 1. The molecule has 0 amide bonds. The van der Waals surface area contributed by atoms with Crippen LogP contribution in [0.3, 0.4) is 0 Å². The van der Waals surface area contributed by atoms with Gasteiger partial charge in [-0.05, 0) is 13.3 Å². The summed E-state index contributed by atoms with van der Waals surface area (Å²) in [6, 6.07) is 0. The van der Waals surface area contributed by atoms with E-state index in [0.717, 1.165) is 12.8 Å². The molecule has 82 valence electrons. The van der Waals surface area contributed by atoms with Crippen molar-refractivity contribution in [1.29, 1.82) is 0 Å². The molecule has 1 heterocycles. The van der Waals surface area contributed by atoms with Crippen LogP contribution in [0.1, 0.15) is 33.1 Å². The van der Waals surface area contributed by atoms with Crippen molar-refractivity contribution in [3.63, 3.8) is 0 Å². The second-order valence-electron chi connectivity index (χ2n) is 2.43. The summed E-state index contributed by atoms with van der Waals surface area (Å²) in [7, 11) is 0. The summed E-state index contributed by atoms with van der Waals surface area (Å²) in [6.45, 7) is 7.73. The third kappa shape index (κ3) is 22.4. The number of rotatable bonds is 3. The fourth-order valence-electron chi connectivity index (χ4n) is 0.498. The first kappa shape index (κ1) is 15.3. The maximum absolute atomic E-state index is 8.20. The highest BCUT2D eigenvalue weighted by Crippen LogP contribution is 1.89. The fraction of sp³-hybridized carbons (Fsp3) is 0.600. The van der Waals surface area contributed by atoms with Crippen molar-refractivity contribution in [3.05, 3.63) is 25.1 Å². The second-order valence-corrected chi connectivity index (χ2v) is 2.43. The molecule has 0 fully saturated rings. The standard InChI is InChI=1S/C5H12O.C3H6.C2H2N2O/c1-2-3-4-5-6;1-3-2;1-2-5-4-3-1/h6H,2-5H2,1H3;3H,1H2,2H3;1-2H. The molecule has 0 bridgehead atoms. The van der Waals surface area contributed by atoms with E-state index in [1.165, 1.54) is 18.9 Å². The first-order valence-electron chi connectivity index (χ1n) is 4.72. The predicted octanol–water partition coefficient (Wildman–Crippen LogP) is 2.43. The molecule has 1 N–H and O–H groups in total. The molecule has 0 saturated heterocycles. The van der Waals surface area contributed by atoms with E-state index in [0.29, 0.717) is 6.61 Å². The summed E-state index contributed by atoms with van der Waals surface area (Å²) in [5.41, 5.74) is 0. The van der Waals surface area contributed by atoms with Crippen LogP contribution in [0.5, 0.6) is 0 Å². The highest BCUT2D eigenvalue weighted by molar-refractivity contribution is 4.51. The highest BCUT2D eigenvalue weighted by atomic mass is 16.5. The first-order chi connectivity index (χ1) is 6.83. The summed E-state index contributed by atoms with van der Waals surface area (Å²) in [5, 5.41) is 14.6. The molecule has 0 saturated carbocycles. The molecule has 0 aliphatic rings. The fourth-order valence-corrected chi connectivity index (χ4v) is 0.498. The van der Waals surface area contributed by atoms with Crippen molar-refractivity contribution in [3.8, 4) is 0 Å². The number of aliphatic hydroxyl groups excluding tert-OH is 1. The Morgan fingerprint density at radius 2 is 2.14 bits per heavy atom. The van der Waals surface area contributed by atoms with Crippen molar-refractivity contribution < 1.29 is 9.63 Å². The molecule has 0 unspecified atom stereocenters. The van der Waals surface area contributed by atoms with Crippen LogP contribution in [0.2, 0.25) is 0 Å². The monoisotopic (exact) mass is 200 g/mol. The second kappa shape index (κ2) is 17.8. The number of hydrogen-bond donors (Lipinski definition) is 1. The lowest BCUT2D eigenvalue weighted by Gasteiger charge is -1.85. The summed E-state index contributed by atoms with van der Waals surface area (Å²) in [4.78, 5) is 0. The zero-order valence-corrected chi connectivity index (χ0v) is 9.02. The van der Waals surface area contributed by atoms with Crippen LogP contribution in [0.4, 0.5) is 0 Å². The summed E-state index contributed by atoms with van der Waals surface area (Å²) < 4.78 is 4.22. The Kier molecular flexibility index (Phi) is 19.5. The van der Waals surface area contributed by atoms with Gasteiger partial charge in [-0.1, -0.05) is 25.8 Å². The topological polar surface area (TPSA) is 59.2 Å². The Hall–Kier alpha value is -1.16. The van der Waals surface area contributed by atoms with Gasteiger partial charge in [0, 0.05) is 11.9 Å². The third-order valence-electron chi connectivity index (χ3n) is 1.04. The van der Waals surface area contributed by atoms with Crippen LogP contribution in [0, 0.1) is 0 Å². The number of hydrogen-bond acceptors (Lipinski definition) is 4. The SMILES string of the molecule is C=CC.CCCCCO.c1conn1. The van der Waals surface area contributed by atoms with Gasteiger partial charge in [0.1, 0.15) is 6.26 Å². The lowest BCUT2D eigenvalue weighted by molar-refractivity contribution is 0.284. The molecule has 0 aliphatic heterocycles. The minimum Gasteiger partial charge on any atom is -0.396 e. The quantitative estimate of drug-likeness (QED) is 0.601. The molecule has 14 heavy (non-hydrogen) atoms. The largest absolute Gasteiger partial charge is 0.396 e. The summed E-state index contributed by atoms with van der Waals surface area (Å²) in [6.07, 6.45) is 7.95. The van der Waals surface area contributed by atoms with E-state index in [1.54, 1.807) is 6.08 Å². The van der Waals surface area contributed by atoms with Crippen molar-refractivity contribution in [2.75, 3.05) is 6.61 Å². The van der Waals surface area contributed by atoms with E-state index >= 15 is 0 Å². The normalized spacial score (nSPS) is 7.64. The van der Waals surface area contributed by atoms with Gasteiger partial charge in [0.25, 0.3) is 0 Å². The van der Waals surface area contributed by atoms with E-state index in [9.17, 15) is 0 Å². The average molecular weight is 200 g/mol. The van der Waals surface area contributed by atoms with E-state index in [4.69, 9.17) is 5.11 Å². The predicted molar refractivity (Wildman–Crippen MR) is 56.8 cm³/mol. The number of unbranched alkanes of at least 4 members (excludes halogenated alkanes) is 2. The van der Waals surface area contributed by atoms with Gasteiger partial charge in [0.05, 0.1) is 6.20 Å². The highest BCUT2D eigenvalue weighted by Gasteiger charge is 1.76. The molecular weight excluding hydrogens is 180 g/mol. The smallest absolute Gasteiger partial charge is 0.144 e. The van der Waals surface area contributed by atoms with Gasteiger partial charge in [-0.15, -0.1) is 11.7 Å². The first-order valence-corrected chi connectivity index (χ1v) is 4.72. The lowest BCUT2D eigenvalue weighted by atomic mass is 10.3. The third-order valence-corrected chi connectivity index (χ3v) is 1.04. The van der Waals surface area contributed by atoms with Crippen molar-refractivity contribution >= 4 is 0 Å². The number of allylic oxidation sites excluding steroid dienone is 1. The van der Waals surface area contributed by atoms with E-state index in [-0.39, 0.29) is 0 Å². The van der Waals surface area contributed by atoms with Crippen molar-refractivity contribution in [2.45, 2.75) is 33.1 Å². The van der Waals surface area contributed by atoms with Gasteiger partial charge in [-0.25, -0.2) is 0 Å². The molecule has 0 aliphatic carbocycles. The minimum atomic E-state index is 0.355. The molecule has 1 aromatic heterocycles. The molecular formula is C10H20N2O2. The molecule has 1 rings (SSSR count). The van der Waals surface area contributed by atoms with Crippen LogP contribution in [-0.4, -0.2) is 22.1 Å². The Morgan fingerprint density at radius 1 is 1.50 bits per heavy atom. The zero-order chi connectivity index (χ0) is 11.1. The molecule has 4 heteroatoms. The van der Waals surface area contributed by atoms with E-state index in [2.05, 4.69) is 28.4 Å². The molecule has 0 radical (unpaired) electrons. The molecule has 0 atom stereocenters.